The zero-order valence-electron chi connectivity index (χ0n) is 13.6. The second kappa shape index (κ2) is 6.50. The van der Waals surface area contributed by atoms with E-state index in [0.29, 0.717) is 11.6 Å². The van der Waals surface area contributed by atoms with E-state index in [1.807, 2.05) is 0 Å². The molecule has 1 aliphatic heterocycles. The summed E-state index contributed by atoms with van der Waals surface area (Å²) in [7, 11) is 0. The third-order valence-corrected chi connectivity index (χ3v) is 5.65. The van der Waals surface area contributed by atoms with Gasteiger partial charge < -0.3 is 5.32 Å². The molecule has 1 atom stereocenters. The Bertz CT molecular complexity index is 434. The van der Waals surface area contributed by atoms with Crippen LogP contribution in [0.2, 0.25) is 0 Å². The summed E-state index contributed by atoms with van der Waals surface area (Å²) in [6, 6.07) is 11.5. The molecule has 1 aromatic carbocycles. The maximum atomic E-state index is 3.84. The minimum absolute atomic E-state index is 0.399. The Labute approximate surface area is 129 Å². The SMILES string of the molecule is CCC1(CC)CNC(Cc2ccccc2)CN1CC1CC1. The predicted octanol–water partition coefficient (Wildman–Crippen LogP) is 3.47. The fourth-order valence-electron chi connectivity index (χ4n) is 3.83. The molecule has 0 bridgehead atoms. The topological polar surface area (TPSA) is 15.3 Å². The summed E-state index contributed by atoms with van der Waals surface area (Å²) in [6.07, 6.45) is 6.60. The normalized spacial score (nSPS) is 25.9. The standard InChI is InChI=1S/C19H30N2/c1-3-19(4-2)15-20-18(12-16-8-6-5-7-9-16)14-21(19)13-17-10-11-17/h5-9,17-18,20H,3-4,10-15H2,1-2H3. The van der Waals surface area contributed by atoms with Crippen molar-refractivity contribution >= 4 is 0 Å². The number of piperazine rings is 1. The Morgan fingerprint density at radius 2 is 1.86 bits per heavy atom. The Hall–Kier alpha value is -0.860. The average Bonchev–Trinajstić information content (AvgIpc) is 3.33. The molecule has 1 unspecified atom stereocenters. The highest BCUT2D eigenvalue weighted by molar-refractivity contribution is 5.16. The molecule has 1 aliphatic carbocycles. The van der Waals surface area contributed by atoms with Crippen molar-refractivity contribution in [1.82, 2.24) is 10.2 Å². The van der Waals surface area contributed by atoms with Gasteiger partial charge in [0.25, 0.3) is 0 Å². The van der Waals surface area contributed by atoms with Gasteiger partial charge in [-0.25, -0.2) is 0 Å². The number of hydrogen-bond donors (Lipinski definition) is 1. The van der Waals surface area contributed by atoms with Gasteiger partial charge in [-0.2, -0.15) is 0 Å². The van der Waals surface area contributed by atoms with Gasteiger partial charge in [-0.05, 0) is 43.6 Å². The summed E-state index contributed by atoms with van der Waals surface area (Å²) in [6.45, 7) is 8.43. The molecule has 1 aromatic rings. The summed E-state index contributed by atoms with van der Waals surface area (Å²) in [5.74, 6) is 0.984. The Morgan fingerprint density at radius 1 is 1.14 bits per heavy atom. The van der Waals surface area contributed by atoms with E-state index in [1.165, 1.54) is 44.3 Å². The third-order valence-electron chi connectivity index (χ3n) is 5.65. The maximum absolute atomic E-state index is 3.84. The number of hydrogen-bond acceptors (Lipinski definition) is 2. The molecule has 2 heteroatoms. The van der Waals surface area contributed by atoms with E-state index in [9.17, 15) is 0 Å². The molecule has 1 saturated carbocycles. The molecule has 1 N–H and O–H groups in total. The zero-order valence-corrected chi connectivity index (χ0v) is 13.6. The van der Waals surface area contributed by atoms with Crippen molar-refractivity contribution < 1.29 is 0 Å². The second-order valence-corrected chi connectivity index (χ2v) is 7.05. The molecule has 0 radical (unpaired) electrons. The van der Waals surface area contributed by atoms with Crippen LogP contribution in [0.15, 0.2) is 30.3 Å². The first-order valence-electron chi connectivity index (χ1n) is 8.78. The van der Waals surface area contributed by atoms with E-state index >= 15 is 0 Å². The van der Waals surface area contributed by atoms with E-state index in [0.717, 1.165) is 18.9 Å². The van der Waals surface area contributed by atoms with Gasteiger partial charge in [-0.3, -0.25) is 4.90 Å². The van der Waals surface area contributed by atoms with Crippen molar-refractivity contribution in [3.63, 3.8) is 0 Å². The predicted molar refractivity (Wildman–Crippen MR) is 89.5 cm³/mol. The highest BCUT2D eigenvalue weighted by atomic mass is 15.3. The largest absolute Gasteiger partial charge is 0.311 e. The number of benzene rings is 1. The Morgan fingerprint density at radius 3 is 2.48 bits per heavy atom. The second-order valence-electron chi connectivity index (χ2n) is 7.05. The Balaban J connectivity index is 1.66. The van der Waals surface area contributed by atoms with E-state index in [-0.39, 0.29) is 0 Å². The molecular weight excluding hydrogens is 256 g/mol. The van der Waals surface area contributed by atoms with Gasteiger partial charge in [-0.15, -0.1) is 0 Å². The molecule has 0 aromatic heterocycles. The Kier molecular flexibility index (Phi) is 4.66. The van der Waals surface area contributed by atoms with Crippen LogP contribution in [-0.2, 0) is 6.42 Å². The molecule has 0 spiro atoms. The first kappa shape index (κ1) is 15.1. The number of rotatable bonds is 6. The van der Waals surface area contributed by atoms with Gasteiger partial charge in [0, 0.05) is 31.2 Å². The summed E-state index contributed by atoms with van der Waals surface area (Å²) in [5, 5.41) is 3.84. The fourth-order valence-corrected chi connectivity index (χ4v) is 3.83. The molecular formula is C19H30N2. The lowest BCUT2D eigenvalue weighted by molar-refractivity contribution is 0.0277. The lowest BCUT2D eigenvalue weighted by Gasteiger charge is -2.50. The van der Waals surface area contributed by atoms with Crippen LogP contribution in [-0.4, -0.2) is 36.1 Å². The van der Waals surface area contributed by atoms with Crippen LogP contribution in [0, 0.1) is 5.92 Å². The molecule has 1 saturated heterocycles. The van der Waals surface area contributed by atoms with Crippen LogP contribution in [0.4, 0.5) is 0 Å². The van der Waals surface area contributed by atoms with Gasteiger partial charge in [0.2, 0.25) is 0 Å². The molecule has 0 amide bonds. The zero-order chi connectivity index (χ0) is 14.7. The van der Waals surface area contributed by atoms with Crippen LogP contribution in [0.1, 0.15) is 45.1 Å². The summed E-state index contributed by atoms with van der Waals surface area (Å²) >= 11 is 0. The summed E-state index contributed by atoms with van der Waals surface area (Å²) < 4.78 is 0. The third kappa shape index (κ3) is 3.49. The first-order chi connectivity index (χ1) is 10.3. The van der Waals surface area contributed by atoms with Crippen LogP contribution in [0.25, 0.3) is 0 Å². The van der Waals surface area contributed by atoms with Crippen LogP contribution >= 0.6 is 0 Å². The van der Waals surface area contributed by atoms with Crippen LogP contribution in [0.3, 0.4) is 0 Å². The lowest BCUT2D eigenvalue weighted by Crippen LogP contribution is -2.65. The van der Waals surface area contributed by atoms with Crippen molar-refractivity contribution in [3.8, 4) is 0 Å². The van der Waals surface area contributed by atoms with Crippen molar-refractivity contribution in [2.75, 3.05) is 19.6 Å². The fraction of sp³-hybridized carbons (Fsp3) is 0.684. The van der Waals surface area contributed by atoms with E-state index in [1.54, 1.807) is 0 Å². The molecule has 3 rings (SSSR count). The van der Waals surface area contributed by atoms with Crippen molar-refractivity contribution in [3.05, 3.63) is 35.9 Å². The monoisotopic (exact) mass is 286 g/mol. The van der Waals surface area contributed by atoms with Crippen LogP contribution < -0.4 is 5.32 Å². The first-order valence-corrected chi connectivity index (χ1v) is 8.78. The molecule has 116 valence electrons. The smallest absolute Gasteiger partial charge is 0.0329 e. The highest BCUT2D eigenvalue weighted by Gasteiger charge is 2.40. The molecule has 2 nitrogen and oxygen atoms in total. The van der Waals surface area contributed by atoms with E-state index in [2.05, 4.69) is 54.4 Å². The lowest BCUT2D eigenvalue weighted by atomic mass is 9.86. The van der Waals surface area contributed by atoms with Gasteiger partial charge >= 0.3 is 0 Å². The van der Waals surface area contributed by atoms with Crippen molar-refractivity contribution in [2.45, 2.75) is 57.5 Å². The molecule has 2 fully saturated rings. The number of nitrogens with zero attached hydrogens (tertiary/aromatic N) is 1. The van der Waals surface area contributed by atoms with Gasteiger partial charge in [0.05, 0.1) is 0 Å². The summed E-state index contributed by atoms with van der Waals surface area (Å²) in [4.78, 5) is 2.83. The summed E-state index contributed by atoms with van der Waals surface area (Å²) in [5.41, 5.74) is 1.86. The van der Waals surface area contributed by atoms with Gasteiger partial charge in [-0.1, -0.05) is 44.2 Å². The van der Waals surface area contributed by atoms with E-state index < -0.39 is 0 Å². The average molecular weight is 286 g/mol. The minimum Gasteiger partial charge on any atom is -0.311 e. The quantitative estimate of drug-likeness (QED) is 0.861. The van der Waals surface area contributed by atoms with E-state index in [4.69, 9.17) is 0 Å². The molecule has 1 heterocycles. The number of nitrogens with one attached hydrogen (secondary N) is 1. The van der Waals surface area contributed by atoms with Crippen LogP contribution in [0.5, 0.6) is 0 Å². The van der Waals surface area contributed by atoms with Gasteiger partial charge in [0.15, 0.2) is 0 Å². The maximum Gasteiger partial charge on any atom is 0.0329 e. The van der Waals surface area contributed by atoms with Gasteiger partial charge in [0.1, 0.15) is 0 Å². The molecule has 2 aliphatic rings. The highest BCUT2D eigenvalue weighted by Crippen LogP contribution is 2.35. The van der Waals surface area contributed by atoms with Crippen molar-refractivity contribution in [1.29, 1.82) is 0 Å². The molecule has 21 heavy (non-hydrogen) atoms. The minimum atomic E-state index is 0.399. The van der Waals surface area contributed by atoms with Crippen molar-refractivity contribution in [2.24, 2.45) is 5.92 Å².